The number of carbonyl (C=O) groups is 3. The summed E-state index contributed by atoms with van der Waals surface area (Å²) in [6, 6.07) is 20.6. The van der Waals surface area contributed by atoms with E-state index in [1.165, 1.54) is 0 Å². The molecule has 9 nitrogen and oxygen atoms in total. The van der Waals surface area contributed by atoms with Gasteiger partial charge in [-0.3, -0.25) is 14.5 Å². The Hall–Kier alpha value is -4.53. The lowest BCUT2D eigenvalue weighted by molar-refractivity contribution is -0.133. The fourth-order valence-electron chi connectivity index (χ4n) is 4.12. The number of rotatable bonds is 6. The van der Waals surface area contributed by atoms with E-state index >= 15 is 0 Å². The summed E-state index contributed by atoms with van der Waals surface area (Å²) >= 11 is 0. The predicted molar refractivity (Wildman–Crippen MR) is 131 cm³/mol. The summed E-state index contributed by atoms with van der Waals surface area (Å²) in [6.07, 6.45) is 0.749. The zero-order valence-electron chi connectivity index (χ0n) is 19.7. The SMILES string of the molecule is C[C@@]1(c2ccc3c(c2)OCCCO3)NC(=O)N(CC(=O)Nc2ccccc2Oc2ccccc2)C1=O. The highest BCUT2D eigenvalue weighted by Crippen LogP contribution is 2.37. The highest BCUT2D eigenvalue weighted by molar-refractivity contribution is 6.10. The van der Waals surface area contributed by atoms with Crippen molar-refractivity contribution in [2.45, 2.75) is 18.9 Å². The minimum absolute atomic E-state index is 0.420. The van der Waals surface area contributed by atoms with Crippen LogP contribution in [0.5, 0.6) is 23.0 Å². The van der Waals surface area contributed by atoms with Gasteiger partial charge in [-0.25, -0.2) is 4.79 Å². The number of anilines is 1. The zero-order chi connectivity index (χ0) is 25.1. The van der Waals surface area contributed by atoms with E-state index in [9.17, 15) is 14.4 Å². The molecule has 0 saturated carbocycles. The number of hydrogen-bond donors (Lipinski definition) is 2. The van der Waals surface area contributed by atoms with Crippen molar-refractivity contribution >= 4 is 23.5 Å². The molecule has 0 bridgehead atoms. The van der Waals surface area contributed by atoms with Gasteiger partial charge in [0, 0.05) is 6.42 Å². The summed E-state index contributed by atoms with van der Waals surface area (Å²) in [4.78, 5) is 39.8. The van der Waals surface area contributed by atoms with E-state index in [0.29, 0.717) is 47.5 Å². The number of carbonyl (C=O) groups excluding carboxylic acids is 3. The lowest BCUT2D eigenvalue weighted by atomic mass is 9.91. The van der Waals surface area contributed by atoms with E-state index in [4.69, 9.17) is 14.2 Å². The van der Waals surface area contributed by atoms with Crippen LogP contribution in [0.15, 0.2) is 72.8 Å². The molecule has 0 aliphatic carbocycles. The molecule has 1 fully saturated rings. The molecule has 2 aliphatic rings. The first kappa shape index (κ1) is 23.2. The Morgan fingerprint density at radius 2 is 1.72 bits per heavy atom. The molecule has 2 N–H and O–H groups in total. The number of hydrogen-bond acceptors (Lipinski definition) is 6. The maximum Gasteiger partial charge on any atom is 0.325 e. The van der Waals surface area contributed by atoms with Crippen molar-refractivity contribution < 1.29 is 28.6 Å². The highest BCUT2D eigenvalue weighted by atomic mass is 16.5. The van der Waals surface area contributed by atoms with Gasteiger partial charge in [0.15, 0.2) is 17.2 Å². The summed E-state index contributed by atoms with van der Waals surface area (Å²) in [7, 11) is 0. The molecule has 36 heavy (non-hydrogen) atoms. The van der Waals surface area contributed by atoms with Crippen LogP contribution in [-0.4, -0.2) is 42.5 Å². The monoisotopic (exact) mass is 487 g/mol. The van der Waals surface area contributed by atoms with Crippen LogP contribution in [0.4, 0.5) is 10.5 Å². The largest absolute Gasteiger partial charge is 0.490 e. The van der Waals surface area contributed by atoms with Gasteiger partial charge in [-0.05, 0) is 48.9 Å². The molecule has 9 heteroatoms. The molecule has 2 heterocycles. The fraction of sp³-hybridized carbons (Fsp3) is 0.222. The Bertz CT molecular complexity index is 1310. The average molecular weight is 488 g/mol. The van der Waals surface area contributed by atoms with Crippen LogP contribution >= 0.6 is 0 Å². The number of amides is 4. The van der Waals surface area contributed by atoms with Gasteiger partial charge in [-0.15, -0.1) is 0 Å². The molecule has 0 aromatic heterocycles. The van der Waals surface area contributed by atoms with Crippen LogP contribution in [0.25, 0.3) is 0 Å². The van der Waals surface area contributed by atoms with Crippen LogP contribution in [0.1, 0.15) is 18.9 Å². The second-order valence-electron chi connectivity index (χ2n) is 8.62. The Labute approximate surface area is 208 Å². The third-order valence-corrected chi connectivity index (χ3v) is 6.03. The lowest BCUT2D eigenvalue weighted by Crippen LogP contribution is -2.42. The second kappa shape index (κ2) is 9.61. The molecule has 1 saturated heterocycles. The Kier molecular flexibility index (Phi) is 6.20. The van der Waals surface area contributed by atoms with Gasteiger partial charge in [0.05, 0.1) is 18.9 Å². The van der Waals surface area contributed by atoms with Crippen molar-refractivity contribution in [3.8, 4) is 23.0 Å². The number of ether oxygens (including phenoxy) is 3. The molecule has 5 rings (SSSR count). The molecule has 3 aromatic rings. The standard InChI is InChI=1S/C27H25N3O6/c1-27(18-12-13-22-23(16-18)35-15-7-14-34-22)25(32)30(26(33)29-27)17-24(31)28-20-10-5-6-11-21(20)36-19-8-3-2-4-9-19/h2-6,8-13,16H,7,14-15,17H2,1H3,(H,28,31)(H,29,33)/t27-/m0/s1. The minimum Gasteiger partial charge on any atom is -0.490 e. The second-order valence-corrected chi connectivity index (χ2v) is 8.62. The van der Waals surface area contributed by atoms with Gasteiger partial charge in [-0.1, -0.05) is 36.4 Å². The van der Waals surface area contributed by atoms with Gasteiger partial charge >= 0.3 is 6.03 Å². The molecular formula is C27H25N3O6. The van der Waals surface area contributed by atoms with E-state index in [2.05, 4.69) is 10.6 Å². The highest BCUT2D eigenvalue weighted by Gasteiger charge is 2.49. The summed E-state index contributed by atoms with van der Waals surface area (Å²) in [5.74, 6) is 1.07. The average Bonchev–Trinajstić information content (AvgIpc) is 3.03. The zero-order valence-corrected chi connectivity index (χ0v) is 19.7. The van der Waals surface area contributed by atoms with Gasteiger partial charge in [0.1, 0.15) is 17.8 Å². The Balaban J connectivity index is 1.30. The van der Waals surface area contributed by atoms with Crippen molar-refractivity contribution in [3.63, 3.8) is 0 Å². The first-order valence-electron chi connectivity index (χ1n) is 11.6. The van der Waals surface area contributed by atoms with Crippen molar-refractivity contribution in [3.05, 3.63) is 78.4 Å². The molecule has 2 aliphatic heterocycles. The van der Waals surface area contributed by atoms with Gasteiger partial charge in [0.2, 0.25) is 5.91 Å². The molecule has 0 spiro atoms. The number of urea groups is 1. The van der Waals surface area contributed by atoms with Crippen molar-refractivity contribution in [2.24, 2.45) is 0 Å². The number of fused-ring (bicyclic) bond motifs is 1. The topological polar surface area (TPSA) is 106 Å². The van der Waals surface area contributed by atoms with Crippen LogP contribution in [0, 0.1) is 0 Å². The summed E-state index contributed by atoms with van der Waals surface area (Å²) in [5.41, 5.74) is -0.394. The van der Waals surface area contributed by atoms with Crippen LogP contribution in [-0.2, 0) is 15.1 Å². The number of nitrogens with one attached hydrogen (secondary N) is 2. The third-order valence-electron chi connectivity index (χ3n) is 6.03. The molecule has 1 atom stereocenters. The van der Waals surface area contributed by atoms with Gasteiger partial charge < -0.3 is 24.8 Å². The van der Waals surface area contributed by atoms with E-state index < -0.39 is 29.9 Å². The first-order valence-corrected chi connectivity index (χ1v) is 11.6. The van der Waals surface area contributed by atoms with Gasteiger partial charge in [0.25, 0.3) is 5.91 Å². The van der Waals surface area contributed by atoms with E-state index in [1.54, 1.807) is 61.5 Å². The van der Waals surface area contributed by atoms with Crippen LogP contribution in [0.3, 0.4) is 0 Å². The quantitative estimate of drug-likeness (QED) is 0.508. The molecular weight excluding hydrogens is 462 g/mol. The molecule has 4 amide bonds. The first-order chi connectivity index (χ1) is 17.4. The number of benzene rings is 3. The van der Waals surface area contributed by atoms with Gasteiger partial charge in [-0.2, -0.15) is 0 Å². The number of imide groups is 1. The number of nitrogens with zero attached hydrogens (tertiary/aromatic N) is 1. The van der Waals surface area contributed by atoms with Crippen molar-refractivity contribution in [1.29, 1.82) is 0 Å². The van der Waals surface area contributed by atoms with E-state index in [-0.39, 0.29) is 0 Å². The van der Waals surface area contributed by atoms with E-state index in [0.717, 1.165) is 11.3 Å². The predicted octanol–water partition coefficient (Wildman–Crippen LogP) is 4.05. The maximum atomic E-state index is 13.3. The Morgan fingerprint density at radius 3 is 2.53 bits per heavy atom. The maximum absolute atomic E-state index is 13.3. The van der Waals surface area contributed by atoms with Crippen molar-refractivity contribution in [1.82, 2.24) is 10.2 Å². The molecule has 184 valence electrons. The minimum atomic E-state index is -1.35. The van der Waals surface area contributed by atoms with Crippen molar-refractivity contribution in [2.75, 3.05) is 25.1 Å². The molecule has 0 unspecified atom stereocenters. The smallest absolute Gasteiger partial charge is 0.325 e. The van der Waals surface area contributed by atoms with Crippen LogP contribution in [0.2, 0.25) is 0 Å². The fourth-order valence-corrected chi connectivity index (χ4v) is 4.12. The lowest BCUT2D eigenvalue weighted by Gasteiger charge is -2.23. The Morgan fingerprint density at radius 1 is 1.00 bits per heavy atom. The normalized spacial score (nSPS) is 18.9. The third kappa shape index (κ3) is 4.55. The summed E-state index contributed by atoms with van der Waals surface area (Å²) in [5, 5.41) is 5.46. The number of para-hydroxylation sites is 3. The summed E-state index contributed by atoms with van der Waals surface area (Å²) < 4.78 is 17.3. The van der Waals surface area contributed by atoms with Crippen LogP contribution < -0.4 is 24.8 Å². The van der Waals surface area contributed by atoms with E-state index in [1.807, 2.05) is 18.2 Å². The summed E-state index contributed by atoms with van der Waals surface area (Å²) in [6.45, 7) is 2.19. The molecule has 0 radical (unpaired) electrons. The molecule has 3 aromatic carbocycles.